The number of benzene rings is 2. The van der Waals surface area contributed by atoms with Crippen LogP contribution >= 0.6 is 0 Å². The van der Waals surface area contributed by atoms with Gasteiger partial charge in [0, 0.05) is 50.5 Å². The first kappa shape index (κ1) is 24.1. The number of nitrogens with zero attached hydrogens (tertiary/aromatic N) is 3. The normalized spacial score (nSPS) is 15.3. The monoisotopic (exact) mass is 469 g/mol. The van der Waals surface area contributed by atoms with Crippen molar-refractivity contribution in [2.45, 2.75) is 24.9 Å². The molecule has 1 aliphatic heterocycles. The molecule has 32 heavy (non-hydrogen) atoms. The Balaban J connectivity index is 1.66. The van der Waals surface area contributed by atoms with Crippen molar-refractivity contribution >= 4 is 21.6 Å². The van der Waals surface area contributed by atoms with Crippen molar-refractivity contribution in [2.75, 3.05) is 44.2 Å². The van der Waals surface area contributed by atoms with Crippen LogP contribution in [0.1, 0.15) is 29.8 Å². The van der Waals surface area contributed by atoms with Crippen molar-refractivity contribution in [1.82, 2.24) is 9.21 Å². The van der Waals surface area contributed by atoms with Crippen LogP contribution in [-0.2, 0) is 16.2 Å². The van der Waals surface area contributed by atoms with Gasteiger partial charge in [0.2, 0.25) is 10.0 Å². The van der Waals surface area contributed by atoms with E-state index in [1.54, 1.807) is 24.8 Å². The standard InChI is InChI=1S/C22H26F3N3O3S/c1-3-28(4-2)32(30,31)20-10-8-17(9-11-20)21(29)27-14-12-26(13-15-27)19-7-5-6-18(16-19)22(23,24)25/h5-11,16H,3-4,12-15H2,1-2H3. The molecule has 0 saturated carbocycles. The van der Waals surface area contributed by atoms with Crippen molar-refractivity contribution in [1.29, 1.82) is 0 Å². The summed E-state index contributed by atoms with van der Waals surface area (Å²) in [5.41, 5.74) is 0.141. The third-order valence-corrected chi connectivity index (χ3v) is 7.61. The number of halogens is 3. The summed E-state index contributed by atoms with van der Waals surface area (Å²) in [6.45, 7) is 5.76. The number of rotatable bonds is 6. The van der Waals surface area contributed by atoms with Crippen LogP contribution < -0.4 is 4.90 Å². The van der Waals surface area contributed by atoms with E-state index in [1.165, 1.54) is 34.6 Å². The van der Waals surface area contributed by atoms with Crippen LogP contribution in [-0.4, -0.2) is 62.8 Å². The first-order valence-electron chi connectivity index (χ1n) is 10.4. The van der Waals surface area contributed by atoms with Crippen LogP contribution in [0.3, 0.4) is 0 Å². The quantitative estimate of drug-likeness (QED) is 0.648. The van der Waals surface area contributed by atoms with Crippen LogP contribution in [0.15, 0.2) is 53.4 Å². The molecule has 0 bridgehead atoms. The summed E-state index contributed by atoms with van der Waals surface area (Å²) >= 11 is 0. The summed E-state index contributed by atoms with van der Waals surface area (Å²) in [6.07, 6.45) is -4.40. The Morgan fingerprint density at radius 2 is 1.56 bits per heavy atom. The Hall–Kier alpha value is -2.59. The average molecular weight is 470 g/mol. The molecule has 0 N–H and O–H groups in total. The van der Waals surface area contributed by atoms with Crippen molar-refractivity contribution in [2.24, 2.45) is 0 Å². The lowest BCUT2D eigenvalue weighted by molar-refractivity contribution is -0.137. The summed E-state index contributed by atoms with van der Waals surface area (Å²) < 4.78 is 65.4. The lowest BCUT2D eigenvalue weighted by Crippen LogP contribution is -2.48. The maximum atomic E-state index is 13.0. The maximum Gasteiger partial charge on any atom is 0.416 e. The minimum Gasteiger partial charge on any atom is -0.368 e. The maximum absolute atomic E-state index is 13.0. The van der Waals surface area contributed by atoms with Crippen LogP contribution in [0.25, 0.3) is 0 Å². The molecule has 0 aliphatic carbocycles. The van der Waals surface area contributed by atoms with E-state index in [4.69, 9.17) is 0 Å². The SMILES string of the molecule is CCN(CC)S(=O)(=O)c1ccc(C(=O)N2CCN(c3cccc(C(F)(F)F)c3)CC2)cc1. The summed E-state index contributed by atoms with van der Waals surface area (Å²) in [7, 11) is -3.60. The second-order valence-corrected chi connectivity index (χ2v) is 9.38. The number of sulfonamides is 1. The second-order valence-electron chi connectivity index (χ2n) is 7.44. The van der Waals surface area contributed by atoms with Crippen LogP contribution in [0.5, 0.6) is 0 Å². The van der Waals surface area contributed by atoms with Crippen molar-refractivity contribution in [3.05, 3.63) is 59.7 Å². The van der Waals surface area contributed by atoms with Crippen molar-refractivity contribution < 1.29 is 26.4 Å². The molecule has 1 aliphatic rings. The first-order valence-corrected chi connectivity index (χ1v) is 11.8. The number of hydrogen-bond donors (Lipinski definition) is 0. The number of alkyl halides is 3. The van der Waals surface area contributed by atoms with E-state index in [9.17, 15) is 26.4 Å². The Labute approximate surface area is 186 Å². The molecule has 0 radical (unpaired) electrons. The lowest BCUT2D eigenvalue weighted by Gasteiger charge is -2.36. The van der Waals surface area contributed by atoms with Crippen molar-refractivity contribution in [3.63, 3.8) is 0 Å². The number of piperazine rings is 1. The zero-order chi connectivity index (χ0) is 23.5. The zero-order valence-corrected chi connectivity index (χ0v) is 18.8. The molecular weight excluding hydrogens is 443 g/mol. The minimum absolute atomic E-state index is 0.132. The Morgan fingerprint density at radius 3 is 2.09 bits per heavy atom. The summed E-state index contributed by atoms with van der Waals surface area (Å²) in [5.74, 6) is -0.236. The topological polar surface area (TPSA) is 60.9 Å². The third-order valence-electron chi connectivity index (χ3n) is 5.55. The predicted octanol–water partition coefficient (Wildman–Crippen LogP) is 3.70. The van der Waals surface area contributed by atoms with E-state index < -0.39 is 21.8 Å². The Morgan fingerprint density at radius 1 is 0.969 bits per heavy atom. The number of amides is 1. The van der Waals surface area contributed by atoms with Gasteiger partial charge in [0.1, 0.15) is 0 Å². The molecule has 1 fully saturated rings. The Bertz CT molecular complexity index is 1040. The molecule has 2 aromatic carbocycles. The molecule has 0 unspecified atom stereocenters. The molecule has 2 aromatic rings. The van der Waals surface area contributed by atoms with Gasteiger partial charge in [-0.25, -0.2) is 8.42 Å². The third kappa shape index (κ3) is 5.07. The van der Waals surface area contributed by atoms with Gasteiger partial charge in [-0.15, -0.1) is 0 Å². The van der Waals surface area contributed by atoms with Crippen molar-refractivity contribution in [3.8, 4) is 0 Å². The Kier molecular flexibility index (Phi) is 7.14. The molecule has 1 amide bonds. The highest BCUT2D eigenvalue weighted by atomic mass is 32.2. The van der Waals surface area contributed by atoms with E-state index in [0.29, 0.717) is 50.5 Å². The van der Waals surface area contributed by atoms with E-state index in [0.717, 1.165) is 12.1 Å². The van der Waals surface area contributed by atoms with Gasteiger partial charge in [0.15, 0.2) is 0 Å². The minimum atomic E-state index is -4.40. The molecule has 1 heterocycles. The molecule has 6 nitrogen and oxygen atoms in total. The van der Waals surface area contributed by atoms with Crippen LogP contribution in [0, 0.1) is 0 Å². The number of carbonyl (C=O) groups excluding carboxylic acids is 1. The number of carbonyl (C=O) groups is 1. The smallest absolute Gasteiger partial charge is 0.368 e. The zero-order valence-electron chi connectivity index (χ0n) is 18.0. The fourth-order valence-electron chi connectivity index (χ4n) is 3.71. The van der Waals surface area contributed by atoms with Gasteiger partial charge in [-0.05, 0) is 42.5 Å². The number of anilines is 1. The van der Waals surface area contributed by atoms with E-state index in [-0.39, 0.29) is 10.8 Å². The fourth-order valence-corrected chi connectivity index (χ4v) is 5.17. The molecule has 174 valence electrons. The van der Waals surface area contributed by atoms with Gasteiger partial charge in [-0.2, -0.15) is 17.5 Å². The first-order chi connectivity index (χ1) is 15.1. The summed E-state index contributed by atoms with van der Waals surface area (Å²) in [6, 6.07) is 11.0. The van der Waals surface area contributed by atoms with Gasteiger partial charge in [0.05, 0.1) is 10.5 Å². The molecule has 0 aromatic heterocycles. The van der Waals surface area contributed by atoms with Gasteiger partial charge in [-0.1, -0.05) is 19.9 Å². The predicted molar refractivity (Wildman–Crippen MR) is 116 cm³/mol. The highest BCUT2D eigenvalue weighted by Gasteiger charge is 2.31. The molecule has 0 atom stereocenters. The average Bonchev–Trinajstić information content (AvgIpc) is 2.79. The molecule has 10 heteroatoms. The number of hydrogen-bond acceptors (Lipinski definition) is 4. The van der Waals surface area contributed by atoms with E-state index in [2.05, 4.69) is 0 Å². The van der Waals surface area contributed by atoms with E-state index in [1.807, 2.05) is 4.90 Å². The fraction of sp³-hybridized carbons (Fsp3) is 0.409. The van der Waals surface area contributed by atoms with Crippen LogP contribution in [0.2, 0.25) is 0 Å². The summed E-state index contributed by atoms with van der Waals surface area (Å²) in [4.78, 5) is 16.4. The summed E-state index contributed by atoms with van der Waals surface area (Å²) in [5, 5.41) is 0. The highest BCUT2D eigenvalue weighted by molar-refractivity contribution is 7.89. The van der Waals surface area contributed by atoms with Gasteiger partial charge in [0.25, 0.3) is 5.91 Å². The highest BCUT2D eigenvalue weighted by Crippen LogP contribution is 2.32. The molecule has 0 spiro atoms. The molecular formula is C22H26F3N3O3S. The van der Waals surface area contributed by atoms with E-state index >= 15 is 0 Å². The lowest BCUT2D eigenvalue weighted by atomic mass is 10.1. The van der Waals surface area contributed by atoms with Gasteiger partial charge in [-0.3, -0.25) is 4.79 Å². The van der Waals surface area contributed by atoms with Crippen LogP contribution in [0.4, 0.5) is 18.9 Å². The van der Waals surface area contributed by atoms with Gasteiger partial charge < -0.3 is 9.80 Å². The molecule has 1 saturated heterocycles. The largest absolute Gasteiger partial charge is 0.416 e. The second kappa shape index (κ2) is 9.50. The van der Waals surface area contributed by atoms with Gasteiger partial charge >= 0.3 is 6.18 Å². The molecule has 3 rings (SSSR count).